The highest BCUT2D eigenvalue weighted by Crippen LogP contribution is 2.45. The van der Waals surface area contributed by atoms with Crippen molar-refractivity contribution in [2.45, 2.75) is 32.2 Å². The van der Waals surface area contributed by atoms with Gasteiger partial charge in [-0.3, -0.25) is 9.59 Å². The van der Waals surface area contributed by atoms with Gasteiger partial charge in [0, 0.05) is 19.2 Å². The number of amides is 2. The zero-order valence-corrected chi connectivity index (χ0v) is 19.6. The molecule has 0 saturated heterocycles. The summed E-state index contributed by atoms with van der Waals surface area (Å²) in [6.07, 6.45) is 0.874. The van der Waals surface area contributed by atoms with Gasteiger partial charge in [0.15, 0.2) is 11.5 Å². The molecular formula is C25H32N2O5. The van der Waals surface area contributed by atoms with Gasteiger partial charge in [0.1, 0.15) is 5.75 Å². The molecule has 0 aromatic heterocycles. The zero-order chi connectivity index (χ0) is 23.4. The van der Waals surface area contributed by atoms with E-state index in [9.17, 15) is 9.59 Å². The lowest BCUT2D eigenvalue weighted by atomic mass is 9.79. The summed E-state index contributed by atoms with van der Waals surface area (Å²) in [7, 11) is 6.40. The van der Waals surface area contributed by atoms with Crippen molar-refractivity contribution >= 4 is 11.8 Å². The number of carbonyl (C=O) groups excluding carboxylic acids is 2. The number of ether oxygens (including phenoxy) is 3. The van der Waals surface area contributed by atoms with E-state index in [2.05, 4.69) is 19.2 Å². The van der Waals surface area contributed by atoms with Crippen molar-refractivity contribution in [3.05, 3.63) is 53.1 Å². The fourth-order valence-electron chi connectivity index (χ4n) is 4.14. The van der Waals surface area contributed by atoms with E-state index in [4.69, 9.17) is 14.2 Å². The fraction of sp³-hybridized carbons (Fsp3) is 0.440. The Morgan fingerprint density at radius 3 is 2.22 bits per heavy atom. The molecule has 1 aliphatic heterocycles. The van der Waals surface area contributed by atoms with Gasteiger partial charge in [-0.15, -0.1) is 0 Å². The molecule has 0 unspecified atom stereocenters. The van der Waals surface area contributed by atoms with Crippen molar-refractivity contribution in [2.75, 3.05) is 34.9 Å². The molecule has 32 heavy (non-hydrogen) atoms. The molecule has 2 aromatic rings. The molecule has 2 aromatic carbocycles. The van der Waals surface area contributed by atoms with Crippen molar-refractivity contribution in [1.82, 2.24) is 10.2 Å². The van der Waals surface area contributed by atoms with Gasteiger partial charge in [-0.25, -0.2) is 0 Å². The second kappa shape index (κ2) is 9.94. The molecule has 0 saturated carbocycles. The molecule has 0 fully saturated rings. The van der Waals surface area contributed by atoms with Crippen LogP contribution in [0.4, 0.5) is 0 Å². The van der Waals surface area contributed by atoms with E-state index in [1.807, 2.05) is 24.3 Å². The van der Waals surface area contributed by atoms with Crippen LogP contribution in [-0.2, 0) is 4.79 Å². The molecule has 3 rings (SSSR count). The van der Waals surface area contributed by atoms with E-state index in [0.29, 0.717) is 40.8 Å². The van der Waals surface area contributed by atoms with Gasteiger partial charge in [-0.1, -0.05) is 26.0 Å². The topological polar surface area (TPSA) is 77.1 Å². The van der Waals surface area contributed by atoms with Crippen molar-refractivity contribution in [3.8, 4) is 17.2 Å². The maximum Gasteiger partial charge on any atom is 0.254 e. The van der Waals surface area contributed by atoms with Gasteiger partial charge < -0.3 is 24.4 Å². The quantitative estimate of drug-likeness (QED) is 0.676. The largest absolute Gasteiger partial charge is 0.497 e. The highest BCUT2D eigenvalue weighted by Gasteiger charge is 2.43. The Kier molecular flexibility index (Phi) is 7.28. The normalized spacial score (nSPS) is 17.7. The Balaban J connectivity index is 2.12. The highest BCUT2D eigenvalue weighted by atomic mass is 16.5. The Morgan fingerprint density at radius 1 is 1.03 bits per heavy atom. The van der Waals surface area contributed by atoms with Gasteiger partial charge in [0.2, 0.25) is 5.91 Å². The van der Waals surface area contributed by atoms with Crippen molar-refractivity contribution in [1.29, 1.82) is 0 Å². The number of methoxy groups -OCH3 is 3. The van der Waals surface area contributed by atoms with Crippen LogP contribution in [0, 0.1) is 5.92 Å². The first-order valence-electron chi connectivity index (χ1n) is 10.8. The second-order valence-electron chi connectivity index (χ2n) is 8.38. The van der Waals surface area contributed by atoms with Gasteiger partial charge in [-0.2, -0.15) is 0 Å². The molecule has 0 bridgehead atoms. The number of nitrogens with one attached hydrogen (secondary N) is 1. The Labute approximate surface area is 189 Å². The van der Waals surface area contributed by atoms with Gasteiger partial charge >= 0.3 is 0 Å². The van der Waals surface area contributed by atoms with Gasteiger partial charge in [0.25, 0.3) is 5.91 Å². The Morgan fingerprint density at radius 2 is 1.66 bits per heavy atom. The average Bonchev–Trinajstić information content (AvgIpc) is 2.80. The van der Waals surface area contributed by atoms with Crippen LogP contribution in [0.15, 0.2) is 36.4 Å². The Hall–Kier alpha value is -3.22. The first-order valence-corrected chi connectivity index (χ1v) is 10.8. The van der Waals surface area contributed by atoms with Gasteiger partial charge in [0.05, 0.1) is 33.3 Å². The number of carbonyl (C=O) groups is 2. The third-order valence-electron chi connectivity index (χ3n) is 5.94. The van der Waals surface area contributed by atoms with Crippen LogP contribution < -0.4 is 19.5 Å². The van der Waals surface area contributed by atoms with Crippen molar-refractivity contribution in [3.63, 3.8) is 0 Å². The number of benzene rings is 2. The van der Waals surface area contributed by atoms with E-state index in [1.165, 1.54) is 7.11 Å². The third-order valence-corrected chi connectivity index (χ3v) is 5.94. The van der Waals surface area contributed by atoms with Crippen LogP contribution in [0.25, 0.3) is 0 Å². The average molecular weight is 441 g/mol. The molecular weight excluding hydrogens is 408 g/mol. The smallest absolute Gasteiger partial charge is 0.254 e. The highest BCUT2D eigenvalue weighted by molar-refractivity contribution is 6.02. The molecule has 0 spiro atoms. The first-order chi connectivity index (χ1) is 15.3. The summed E-state index contributed by atoms with van der Waals surface area (Å²) in [4.78, 5) is 28.5. The molecule has 2 atom stereocenters. The van der Waals surface area contributed by atoms with Crippen LogP contribution >= 0.6 is 0 Å². The number of hydrogen-bond acceptors (Lipinski definition) is 5. The molecule has 0 radical (unpaired) electrons. The molecule has 1 N–H and O–H groups in total. The molecule has 7 nitrogen and oxygen atoms in total. The first kappa shape index (κ1) is 23.4. The monoisotopic (exact) mass is 440 g/mol. The second-order valence-corrected chi connectivity index (χ2v) is 8.38. The summed E-state index contributed by atoms with van der Waals surface area (Å²) in [6, 6.07) is 10.4. The lowest BCUT2D eigenvalue weighted by Crippen LogP contribution is -2.46. The summed E-state index contributed by atoms with van der Waals surface area (Å²) in [5.74, 6) is 1.22. The molecule has 1 aliphatic rings. The summed E-state index contributed by atoms with van der Waals surface area (Å²) < 4.78 is 16.2. The maximum atomic E-state index is 13.5. The number of hydrogen-bond donors (Lipinski definition) is 1. The minimum Gasteiger partial charge on any atom is -0.497 e. The fourth-order valence-corrected chi connectivity index (χ4v) is 4.14. The Bertz CT molecular complexity index is 971. The lowest BCUT2D eigenvalue weighted by Gasteiger charge is -2.40. The SMILES string of the molecule is COc1ccc([C@@H]2[C@H](C(=O)NCCC(C)C)c3cc(OC)c(OC)cc3C(=O)N2C)cc1. The summed E-state index contributed by atoms with van der Waals surface area (Å²) in [5.41, 5.74) is 1.93. The maximum absolute atomic E-state index is 13.5. The molecule has 0 aliphatic carbocycles. The van der Waals surface area contributed by atoms with E-state index >= 15 is 0 Å². The van der Waals surface area contributed by atoms with Crippen LogP contribution in [0.5, 0.6) is 17.2 Å². The van der Waals surface area contributed by atoms with Crippen molar-refractivity contribution < 1.29 is 23.8 Å². The molecule has 172 valence electrons. The predicted molar refractivity (Wildman–Crippen MR) is 123 cm³/mol. The number of rotatable bonds is 8. The van der Waals surface area contributed by atoms with E-state index in [-0.39, 0.29) is 11.8 Å². The standard InChI is InChI=1S/C25H32N2O5/c1-15(2)11-12-26-24(28)22-18-13-20(31-5)21(32-6)14-19(18)25(29)27(3)23(22)16-7-9-17(30-4)10-8-16/h7-10,13-15,22-23H,11-12H2,1-6H3,(H,26,28)/t22-,23-/m1/s1. The van der Waals surface area contributed by atoms with Crippen molar-refractivity contribution in [2.24, 2.45) is 5.92 Å². The van der Waals surface area contributed by atoms with Crippen LogP contribution in [-0.4, -0.2) is 51.6 Å². The molecule has 2 amide bonds. The van der Waals surface area contributed by atoms with E-state index in [0.717, 1.165) is 12.0 Å². The van der Waals surface area contributed by atoms with Crippen LogP contribution in [0.2, 0.25) is 0 Å². The third kappa shape index (κ3) is 4.52. The summed E-state index contributed by atoms with van der Waals surface area (Å²) in [6.45, 7) is 4.81. The van der Waals surface area contributed by atoms with E-state index < -0.39 is 12.0 Å². The number of fused-ring (bicyclic) bond motifs is 1. The molecule has 7 heteroatoms. The van der Waals surface area contributed by atoms with Crippen LogP contribution in [0.3, 0.4) is 0 Å². The molecule has 1 heterocycles. The van der Waals surface area contributed by atoms with E-state index in [1.54, 1.807) is 38.3 Å². The number of nitrogens with zero attached hydrogens (tertiary/aromatic N) is 1. The van der Waals surface area contributed by atoms with Crippen LogP contribution in [0.1, 0.15) is 53.7 Å². The summed E-state index contributed by atoms with van der Waals surface area (Å²) >= 11 is 0. The number of likely N-dealkylation sites (N-methyl/N-ethyl adjacent to an activating group) is 1. The zero-order valence-electron chi connectivity index (χ0n) is 19.6. The lowest BCUT2D eigenvalue weighted by molar-refractivity contribution is -0.124. The van der Waals surface area contributed by atoms with Gasteiger partial charge in [-0.05, 0) is 47.7 Å². The minimum absolute atomic E-state index is 0.126. The summed E-state index contributed by atoms with van der Waals surface area (Å²) in [5, 5.41) is 3.07. The predicted octanol–water partition coefficient (Wildman–Crippen LogP) is 3.79. The minimum atomic E-state index is -0.604.